The van der Waals surface area contributed by atoms with Crippen molar-refractivity contribution in [3.05, 3.63) is 12.2 Å². The zero-order valence-corrected chi connectivity index (χ0v) is 8.91. The second-order valence-corrected chi connectivity index (χ2v) is 5.54. The lowest BCUT2D eigenvalue weighted by molar-refractivity contribution is 0.303. The Balaban J connectivity index is 2.46. The summed E-state index contributed by atoms with van der Waals surface area (Å²) in [4.78, 5) is 2.39. The summed E-state index contributed by atoms with van der Waals surface area (Å²) >= 11 is 0. The standard InChI is InChI=1S/C8H15NS2/c1-7-4-5-8(11-10-3)9(2)6-7/h4-5,7-8H,6H2,1-3H3. The van der Waals surface area contributed by atoms with E-state index in [2.05, 4.69) is 37.3 Å². The molecule has 0 spiro atoms. The van der Waals surface area contributed by atoms with Crippen molar-refractivity contribution in [2.24, 2.45) is 5.92 Å². The van der Waals surface area contributed by atoms with Crippen molar-refractivity contribution in [2.75, 3.05) is 19.8 Å². The van der Waals surface area contributed by atoms with Crippen LogP contribution < -0.4 is 0 Å². The highest BCUT2D eigenvalue weighted by Gasteiger charge is 2.17. The fourth-order valence-corrected chi connectivity index (χ4v) is 3.06. The van der Waals surface area contributed by atoms with Crippen LogP contribution in [-0.4, -0.2) is 30.1 Å². The SMILES string of the molecule is CSSC1C=CC(C)CN1C. The van der Waals surface area contributed by atoms with Gasteiger partial charge in [0.25, 0.3) is 0 Å². The van der Waals surface area contributed by atoms with Crippen molar-refractivity contribution in [3.63, 3.8) is 0 Å². The Kier molecular flexibility index (Phi) is 3.82. The first-order valence-corrected chi connectivity index (χ1v) is 6.44. The van der Waals surface area contributed by atoms with Crippen molar-refractivity contribution in [2.45, 2.75) is 12.3 Å². The molecule has 0 N–H and O–H groups in total. The number of hydrogen-bond acceptors (Lipinski definition) is 3. The first kappa shape index (κ1) is 9.49. The summed E-state index contributed by atoms with van der Waals surface area (Å²) in [6.07, 6.45) is 6.74. The lowest BCUT2D eigenvalue weighted by atomic mass is 10.1. The van der Waals surface area contributed by atoms with Crippen LogP contribution in [0.3, 0.4) is 0 Å². The van der Waals surface area contributed by atoms with E-state index in [-0.39, 0.29) is 0 Å². The Morgan fingerprint density at radius 3 is 2.73 bits per heavy atom. The molecule has 1 rings (SSSR count). The summed E-state index contributed by atoms with van der Waals surface area (Å²) in [6.45, 7) is 3.45. The molecule has 0 aliphatic carbocycles. The van der Waals surface area contributed by atoms with Crippen molar-refractivity contribution in [1.29, 1.82) is 0 Å². The molecule has 0 amide bonds. The van der Waals surface area contributed by atoms with Crippen LogP contribution in [0.2, 0.25) is 0 Å². The van der Waals surface area contributed by atoms with Crippen LogP contribution in [0.25, 0.3) is 0 Å². The maximum absolute atomic E-state index is 2.39. The van der Waals surface area contributed by atoms with Crippen molar-refractivity contribution < 1.29 is 0 Å². The van der Waals surface area contributed by atoms with E-state index in [0.717, 1.165) is 5.92 Å². The van der Waals surface area contributed by atoms with Crippen LogP contribution in [0, 0.1) is 5.92 Å². The van der Waals surface area contributed by atoms with Gasteiger partial charge in [-0.25, -0.2) is 0 Å². The predicted octanol–water partition coefficient (Wildman–Crippen LogP) is 2.46. The van der Waals surface area contributed by atoms with Crippen LogP contribution in [0.4, 0.5) is 0 Å². The highest BCUT2D eigenvalue weighted by molar-refractivity contribution is 8.76. The number of rotatable bonds is 2. The van der Waals surface area contributed by atoms with Gasteiger partial charge in [-0.2, -0.15) is 0 Å². The minimum absolute atomic E-state index is 0.584. The van der Waals surface area contributed by atoms with E-state index in [9.17, 15) is 0 Å². The van der Waals surface area contributed by atoms with Crippen molar-refractivity contribution in [1.82, 2.24) is 4.90 Å². The molecule has 0 bridgehead atoms. The van der Waals surface area contributed by atoms with Gasteiger partial charge >= 0.3 is 0 Å². The minimum atomic E-state index is 0.584. The number of likely N-dealkylation sites (N-methyl/N-ethyl adjacent to an activating group) is 1. The van der Waals surface area contributed by atoms with E-state index in [1.54, 1.807) is 0 Å². The van der Waals surface area contributed by atoms with Crippen molar-refractivity contribution in [3.8, 4) is 0 Å². The van der Waals surface area contributed by atoms with Crippen molar-refractivity contribution >= 4 is 21.6 Å². The molecule has 64 valence electrons. The van der Waals surface area contributed by atoms with Gasteiger partial charge in [-0.05, 0) is 19.2 Å². The Hall–Kier alpha value is 0.400. The van der Waals surface area contributed by atoms with E-state index in [4.69, 9.17) is 0 Å². The lowest BCUT2D eigenvalue weighted by Crippen LogP contribution is -2.33. The average molecular weight is 189 g/mol. The van der Waals surface area contributed by atoms with Gasteiger partial charge < -0.3 is 0 Å². The molecule has 1 nitrogen and oxygen atoms in total. The Labute approximate surface area is 77.0 Å². The van der Waals surface area contributed by atoms with Crippen LogP contribution in [0.15, 0.2) is 12.2 Å². The van der Waals surface area contributed by atoms with Gasteiger partial charge in [-0.1, -0.05) is 40.7 Å². The van der Waals surface area contributed by atoms with Gasteiger partial charge in [-0.15, -0.1) is 0 Å². The molecule has 1 heterocycles. The Bertz CT molecular complexity index is 147. The molecule has 3 heteroatoms. The molecule has 2 atom stereocenters. The molecule has 0 saturated heterocycles. The topological polar surface area (TPSA) is 3.24 Å². The third-order valence-corrected chi connectivity index (χ3v) is 3.89. The van der Waals surface area contributed by atoms with Gasteiger partial charge in [0.15, 0.2) is 0 Å². The highest BCUT2D eigenvalue weighted by atomic mass is 33.1. The summed E-state index contributed by atoms with van der Waals surface area (Å²) in [6, 6.07) is 0. The summed E-state index contributed by atoms with van der Waals surface area (Å²) in [5.74, 6) is 0.721. The molecular weight excluding hydrogens is 174 g/mol. The molecule has 1 aliphatic rings. The van der Waals surface area contributed by atoms with Gasteiger partial charge in [0.05, 0.1) is 5.37 Å². The molecule has 11 heavy (non-hydrogen) atoms. The van der Waals surface area contributed by atoms with E-state index >= 15 is 0 Å². The third kappa shape index (κ3) is 2.73. The van der Waals surface area contributed by atoms with Gasteiger partial charge in [0, 0.05) is 6.54 Å². The number of hydrogen-bond donors (Lipinski definition) is 0. The lowest BCUT2D eigenvalue weighted by Gasteiger charge is -2.30. The molecule has 0 aromatic heterocycles. The molecule has 0 saturated carbocycles. The smallest absolute Gasteiger partial charge is 0.0845 e. The summed E-state index contributed by atoms with van der Waals surface area (Å²) < 4.78 is 0. The van der Waals surface area contributed by atoms with Gasteiger partial charge in [-0.3, -0.25) is 4.90 Å². The Morgan fingerprint density at radius 1 is 1.45 bits per heavy atom. The van der Waals surface area contributed by atoms with Crippen LogP contribution in [-0.2, 0) is 0 Å². The Morgan fingerprint density at radius 2 is 2.18 bits per heavy atom. The summed E-state index contributed by atoms with van der Waals surface area (Å²) in [7, 11) is 5.94. The molecule has 0 fully saturated rings. The predicted molar refractivity (Wildman–Crippen MR) is 55.8 cm³/mol. The highest BCUT2D eigenvalue weighted by Crippen LogP contribution is 2.29. The molecule has 0 aromatic rings. The second kappa shape index (κ2) is 4.43. The van der Waals surface area contributed by atoms with Crippen LogP contribution in [0.1, 0.15) is 6.92 Å². The fourth-order valence-electron chi connectivity index (χ4n) is 1.25. The molecule has 0 radical (unpaired) electrons. The van der Waals surface area contributed by atoms with Gasteiger partial charge in [0.2, 0.25) is 0 Å². The second-order valence-electron chi connectivity index (χ2n) is 2.96. The minimum Gasteiger partial charge on any atom is -0.290 e. The summed E-state index contributed by atoms with van der Waals surface area (Å²) in [5.41, 5.74) is 0. The molecule has 2 unspecified atom stereocenters. The fraction of sp³-hybridized carbons (Fsp3) is 0.750. The largest absolute Gasteiger partial charge is 0.290 e. The monoisotopic (exact) mass is 189 g/mol. The zero-order chi connectivity index (χ0) is 8.27. The molecule has 0 aromatic carbocycles. The van der Waals surface area contributed by atoms with Gasteiger partial charge in [0.1, 0.15) is 0 Å². The number of nitrogens with zero attached hydrogens (tertiary/aromatic N) is 1. The first-order valence-electron chi connectivity index (χ1n) is 3.82. The average Bonchev–Trinajstić information content (AvgIpc) is 1.95. The van der Waals surface area contributed by atoms with E-state index in [1.165, 1.54) is 6.54 Å². The quantitative estimate of drug-likeness (QED) is 0.485. The normalized spacial score (nSPS) is 32.6. The van der Waals surface area contributed by atoms with E-state index in [1.807, 2.05) is 21.6 Å². The molecule has 1 aliphatic heterocycles. The summed E-state index contributed by atoms with van der Waals surface area (Å²) in [5, 5.41) is 0.584. The maximum atomic E-state index is 2.39. The third-order valence-electron chi connectivity index (χ3n) is 1.81. The first-order chi connectivity index (χ1) is 5.24. The van der Waals surface area contributed by atoms with Crippen LogP contribution >= 0.6 is 21.6 Å². The maximum Gasteiger partial charge on any atom is 0.0845 e. The zero-order valence-electron chi connectivity index (χ0n) is 7.28. The van der Waals surface area contributed by atoms with E-state index < -0.39 is 0 Å². The van der Waals surface area contributed by atoms with Crippen LogP contribution in [0.5, 0.6) is 0 Å². The molecular formula is C8H15NS2. The van der Waals surface area contributed by atoms with E-state index in [0.29, 0.717) is 5.37 Å².